The van der Waals surface area contributed by atoms with Gasteiger partial charge in [-0.25, -0.2) is 8.42 Å². The summed E-state index contributed by atoms with van der Waals surface area (Å²) in [5.41, 5.74) is 0.476. The van der Waals surface area contributed by atoms with Crippen molar-refractivity contribution in [3.63, 3.8) is 0 Å². The quantitative estimate of drug-likeness (QED) is 0.779. The Morgan fingerprint density at radius 2 is 1.70 bits per heavy atom. The first kappa shape index (κ1) is 16.4. The molecule has 0 unspecified atom stereocenters. The summed E-state index contributed by atoms with van der Waals surface area (Å²) in [6.45, 7) is 3.55. The van der Waals surface area contributed by atoms with E-state index in [0.29, 0.717) is 5.56 Å². The van der Waals surface area contributed by atoms with E-state index in [0.717, 1.165) is 0 Å². The van der Waals surface area contributed by atoms with Crippen molar-refractivity contribution in [1.29, 1.82) is 0 Å². The number of ketones is 1. The molecule has 1 rings (SSSR count). The van der Waals surface area contributed by atoms with E-state index in [2.05, 4.69) is 0 Å². The zero-order valence-electron chi connectivity index (χ0n) is 11.5. The number of sulfone groups is 1. The van der Waals surface area contributed by atoms with E-state index >= 15 is 0 Å². The van der Waals surface area contributed by atoms with E-state index in [-0.39, 0.29) is 35.2 Å². The second-order valence-corrected chi connectivity index (χ2v) is 6.97. The number of carboxylic acid groups (broad SMARTS) is 1. The van der Waals surface area contributed by atoms with Crippen molar-refractivity contribution in [3.8, 4) is 0 Å². The van der Waals surface area contributed by atoms with Gasteiger partial charge in [-0.15, -0.1) is 0 Å². The first-order valence-corrected chi connectivity index (χ1v) is 7.98. The molecular weight excluding hydrogens is 280 g/mol. The first-order valence-electron chi connectivity index (χ1n) is 6.33. The van der Waals surface area contributed by atoms with Crippen molar-refractivity contribution in [3.05, 3.63) is 29.8 Å². The monoisotopic (exact) mass is 298 g/mol. The highest BCUT2D eigenvalue weighted by atomic mass is 32.2. The van der Waals surface area contributed by atoms with Crippen molar-refractivity contribution in [2.75, 3.05) is 5.75 Å². The summed E-state index contributed by atoms with van der Waals surface area (Å²) in [4.78, 5) is 22.2. The Bertz CT molecular complexity index is 584. The third-order valence-corrected chi connectivity index (χ3v) is 4.64. The molecule has 0 atom stereocenters. The molecule has 0 bridgehead atoms. The fraction of sp³-hybridized carbons (Fsp3) is 0.429. The van der Waals surface area contributed by atoms with E-state index in [9.17, 15) is 18.0 Å². The third kappa shape index (κ3) is 4.45. The van der Waals surface area contributed by atoms with Crippen molar-refractivity contribution >= 4 is 21.6 Å². The summed E-state index contributed by atoms with van der Waals surface area (Å²) in [5.74, 6) is -1.41. The Labute approximate surface area is 118 Å². The van der Waals surface area contributed by atoms with E-state index in [1.807, 2.05) is 0 Å². The molecule has 0 aliphatic carbocycles. The molecule has 20 heavy (non-hydrogen) atoms. The molecule has 0 aromatic heterocycles. The van der Waals surface area contributed by atoms with Crippen molar-refractivity contribution < 1.29 is 23.1 Å². The van der Waals surface area contributed by atoms with E-state index in [1.165, 1.54) is 24.3 Å². The normalized spacial score (nSPS) is 11.6. The number of carboxylic acids is 1. The molecule has 0 spiro atoms. The van der Waals surface area contributed by atoms with Crippen LogP contribution < -0.4 is 0 Å². The molecule has 1 N–H and O–H groups in total. The van der Waals surface area contributed by atoms with Crippen molar-refractivity contribution in [2.24, 2.45) is 5.92 Å². The fourth-order valence-corrected chi connectivity index (χ4v) is 3.00. The molecule has 110 valence electrons. The highest BCUT2D eigenvalue weighted by Gasteiger charge is 2.16. The lowest BCUT2D eigenvalue weighted by Gasteiger charge is -2.06. The molecule has 0 radical (unpaired) electrons. The van der Waals surface area contributed by atoms with Gasteiger partial charge in [-0.3, -0.25) is 9.59 Å². The van der Waals surface area contributed by atoms with E-state index in [1.54, 1.807) is 13.8 Å². The van der Waals surface area contributed by atoms with Crippen LogP contribution in [-0.4, -0.2) is 31.0 Å². The second kappa shape index (κ2) is 6.65. The Kier molecular flexibility index (Phi) is 5.44. The van der Waals surface area contributed by atoms with Gasteiger partial charge in [-0.1, -0.05) is 26.0 Å². The predicted molar refractivity (Wildman–Crippen MR) is 74.5 cm³/mol. The van der Waals surface area contributed by atoms with E-state index < -0.39 is 15.8 Å². The number of carbonyl (C=O) groups excluding carboxylic acids is 1. The topological polar surface area (TPSA) is 88.5 Å². The van der Waals surface area contributed by atoms with Crippen LogP contribution in [0.2, 0.25) is 0 Å². The van der Waals surface area contributed by atoms with Gasteiger partial charge in [0.1, 0.15) is 0 Å². The maximum Gasteiger partial charge on any atom is 0.303 e. The lowest BCUT2D eigenvalue weighted by atomic mass is 10.0. The maximum atomic E-state index is 12.0. The molecule has 0 aliphatic heterocycles. The number of benzene rings is 1. The number of Topliss-reactive ketones (excluding diaryl/α,β-unsaturated/α-hetero) is 1. The molecule has 5 nitrogen and oxygen atoms in total. The molecule has 1 aromatic rings. The molecule has 0 saturated carbocycles. The second-order valence-electron chi connectivity index (χ2n) is 4.86. The number of hydrogen-bond donors (Lipinski definition) is 1. The minimum absolute atomic E-state index is 0.0418. The predicted octanol–water partition coefficient (Wildman–Crippen LogP) is 2.16. The van der Waals surface area contributed by atoms with E-state index in [4.69, 9.17) is 5.11 Å². The summed E-state index contributed by atoms with van der Waals surface area (Å²) in [7, 11) is -3.49. The Morgan fingerprint density at radius 3 is 2.15 bits per heavy atom. The molecule has 0 aliphatic rings. The highest BCUT2D eigenvalue weighted by Crippen LogP contribution is 2.16. The Hall–Kier alpha value is -1.69. The molecule has 6 heteroatoms. The summed E-state index contributed by atoms with van der Waals surface area (Å²) >= 11 is 0. The molecule has 0 fully saturated rings. The zero-order valence-corrected chi connectivity index (χ0v) is 12.3. The fourth-order valence-electron chi connectivity index (χ4n) is 1.69. The van der Waals surface area contributed by atoms with Gasteiger partial charge in [0, 0.05) is 17.9 Å². The Morgan fingerprint density at radius 1 is 1.15 bits per heavy atom. The highest BCUT2D eigenvalue weighted by molar-refractivity contribution is 7.91. The van der Waals surface area contributed by atoms with Crippen LogP contribution in [0.3, 0.4) is 0 Å². The average Bonchev–Trinajstić information content (AvgIpc) is 2.37. The van der Waals surface area contributed by atoms with Crippen LogP contribution in [0.1, 0.15) is 37.0 Å². The van der Waals surface area contributed by atoms with Gasteiger partial charge >= 0.3 is 5.97 Å². The van der Waals surface area contributed by atoms with Gasteiger partial charge in [0.05, 0.1) is 10.6 Å². The molecule has 0 amide bonds. The lowest BCUT2D eigenvalue weighted by molar-refractivity contribution is -0.137. The van der Waals surface area contributed by atoms with Crippen LogP contribution in [0.25, 0.3) is 0 Å². The summed E-state index contributed by atoms with van der Waals surface area (Å²) < 4.78 is 23.9. The van der Waals surface area contributed by atoms with Gasteiger partial charge in [0.25, 0.3) is 0 Å². The van der Waals surface area contributed by atoms with Gasteiger partial charge < -0.3 is 5.11 Å². The molecular formula is C14H18O5S. The van der Waals surface area contributed by atoms with Gasteiger partial charge in [0.15, 0.2) is 15.6 Å². The van der Waals surface area contributed by atoms with Crippen LogP contribution >= 0.6 is 0 Å². The molecule has 1 aromatic carbocycles. The van der Waals surface area contributed by atoms with Gasteiger partial charge in [-0.05, 0) is 18.6 Å². The lowest BCUT2D eigenvalue weighted by Crippen LogP contribution is -2.10. The molecule has 0 saturated heterocycles. The smallest absolute Gasteiger partial charge is 0.303 e. The third-order valence-electron chi connectivity index (χ3n) is 2.83. The standard InChI is InChI=1S/C14H18O5S/c1-10(2)14(17)11-5-7-12(8-6-11)20(18,19)9-3-4-13(15)16/h5-8,10H,3-4,9H2,1-2H3,(H,15,16). The number of hydrogen-bond acceptors (Lipinski definition) is 4. The maximum absolute atomic E-state index is 12.0. The van der Waals surface area contributed by atoms with Gasteiger partial charge in [0.2, 0.25) is 0 Å². The van der Waals surface area contributed by atoms with Crippen molar-refractivity contribution in [1.82, 2.24) is 0 Å². The SMILES string of the molecule is CC(C)C(=O)c1ccc(S(=O)(=O)CCCC(=O)O)cc1. The largest absolute Gasteiger partial charge is 0.481 e. The summed E-state index contributed by atoms with van der Waals surface area (Å²) in [6, 6.07) is 5.77. The van der Waals surface area contributed by atoms with Crippen LogP contribution in [0, 0.1) is 5.92 Å². The number of aliphatic carboxylic acids is 1. The zero-order chi connectivity index (χ0) is 15.3. The Balaban J connectivity index is 2.82. The minimum Gasteiger partial charge on any atom is -0.481 e. The number of rotatable bonds is 7. The summed E-state index contributed by atoms with van der Waals surface area (Å²) in [5, 5.41) is 8.50. The molecule has 0 heterocycles. The van der Waals surface area contributed by atoms with Gasteiger partial charge in [-0.2, -0.15) is 0 Å². The van der Waals surface area contributed by atoms with Crippen molar-refractivity contribution in [2.45, 2.75) is 31.6 Å². The number of carbonyl (C=O) groups is 2. The minimum atomic E-state index is -3.49. The van der Waals surface area contributed by atoms with Crippen LogP contribution in [0.15, 0.2) is 29.2 Å². The van der Waals surface area contributed by atoms with Crippen LogP contribution in [0.5, 0.6) is 0 Å². The van der Waals surface area contributed by atoms with Crippen LogP contribution in [-0.2, 0) is 14.6 Å². The van der Waals surface area contributed by atoms with Crippen LogP contribution in [0.4, 0.5) is 0 Å². The average molecular weight is 298 g/mol. The first-order chi connectivity index (χ1) is 9.24. The summed E-state index contributed by atoms with van der Waals surface area (Å²) in [6.07, 6.45) is -0.104.